The molecule has 0 aliphatic rings. The fraction of sp³-hybridized carbons (Fsp3) is 0.0833. The maximum Gasteiger partial charge on any atom is 0.296 e. The van der Waals surface area contributed by atoms with E-state index in [2.05, 4.69) is 15.0 Å². The van der Waals surface area contributed by atoms with Crippen LogP contribution in [0.4, 0.5) is 11.4 Å². The summed E-state index contributed by atoms with van der Waals surface area (Å²) in [5.74, 6) is 0.105. The average molecular weight is 294 g/mol. The number of hydrogen-bond donors (Lipinski definition) is 4. The lowest BCUT2D eigenvalue weighted by molar-refractivity contribution is 0.472. The molecule has 20 heavy (non-hydrogen) atoms. The van der Waals surface area contributed by atoms with Gasteiger partial charge in [-0.3, -0.25) is 9.71 Å². The number of aromatic nitrogens is 1. The molecule has 0 atom stereocenters. The van der Waals surface area contributed by atoms with Gasteiger partial charge in [0.15, 0.2) is 0 Å². The minimum atomic E-state index is -3.78. The van der Waals surface area contributed by atoms with Crippen LogP contribution in [0.25, 0.3) is 0 Å². The van der Waals surface area contributed by atoms with Crippen LogP contribution in [0.2, 0.25) is 0 Å². The van der Waals surface area contributed by atoms with E-state index in [1.54, 1.807) is 36.4 Å². The largest absolute Gasteiger partial charge is 0.506 e. The zero-order chi connectivity index (χ0) is 14.6. The average Bonchev–Trinajstić information content (AvgIpc) is 2.36. The SMILES string of the molecule is NS(=O)(=O)Nc1cccc(NCc2ccc(O)cn2)c1. The third-order valence-electron chi connectivity index (χ3n) is 2.41. The standard InChI is InChI=1S/C12H14N4O3S/c13-20(18,19)16-10-3-1-2-9(6-10)14-7-11-4-5-12(17)8-15-11/h1-6,8,14,16-17H,7H2,(H2,13,18,19). The molecule has 7 nitrogen and oxygen atoms in total. The highest BCUT2D eigenvalue weighted by atomic mass is 32.2. The molecule has 106 valence electrons. The fourth-order valence-corrected chi connectivity index (χ4v) is 2.03. The first-order valence-corrected chi connectivity index (χ1v) is 7.25. The molecule has 0 aliphatic carbocycles. The monoisotopic (exact) mass is 294 g/mol. The predicted molar refractivity (Wildman–Crippen MR) is 76.4 cm³/mol. The van der Waals surface area contributed by atoms with Crippen LogP contribution in [0.5, 0.6) is 5.75 Å². The van der Waals surface area contributed by atoms with Crippen molar-refractivity contribution in [3.63, 3.8) is 0 Å². The summed E-state index contributed by atoms with van der Waals surface area (Å²) >= 11 is 0. The van der Waals surface area contributed by atoms with Crippen LogP contribution in [-0.2, 0) is 16.8 Å². The normalized spacial score (nSPS) is 11.1. The van der Waals surface area contributed by atoms with Crippen molar-refractivity contribution in [2.24, 2.45) is 5.14 Å². The highest BCUT2D eigenvalue weighted by Gasteiger charge is 2.03. The molecule has 2 rings (SSSR count). The molecule has 0 saturated heterocycles. The number of pyridine rings is 1. The Morgan fingerprint density at radius 1 is 1.20 bits per heavy atom. The lowest BCUT2D eigenvalue weighted by Gasteiger charge is -2.08. The van der Waals surface area contributed by atoms with E-state index >= 15 is 0 Å². The number of aromatic hydroxyl groups is 1. The number of anilines is 2. The Morgan fingerprint density at radius 2 is 1.95 bits per heavy atom. The molecular weight excluding hydrogens is 280 g/mol. The lowest BCUT2D eigenvalue weighted by Crippen LogP contribution is -2.21. The third-order valence-corrected chi connectivity index (χ3v) is 2.93. The van der Waals surface area contributed by atoms with Gasteiger partial charge in [0.25, 0.3) is 10.2 Å². The molecule has 0 unspecified atom stereocenters. The van der Waals surface area contributed by atoms with Gasteiger partial charge in [0.2, 0.25) is 0 Å². The number of rotatable bonds is 5. The highest BCUT2D eigenvalue weighted by Crippen LogP contribution is 2.16. The molecule has 0 radical (unpaired) electrons. The highest BCUT2D eigenvalue weighted by molar-refractivity contribution is 7.90. The van der Waals surface area contributed by atoms with Gasteiger partial charge in [-0.15, -0.1) is 0 Å². The van der Waals surface area contributed by atoms with Gasteiger partial charge in [-0.1, -0.05) is 6.07 Å². The molecule has 1 aromatic carbocycles. The third kappa shape index (κ3) is 4.41. The van der Waals surface area contributed by atoms with Gasteiger partial charge in [-0.05, 0) is 30.3 Å². The maximum atomic E-state index is 10.9. The first-order valence-electron chi connectivity index (χ1n) is 5.71. The van der Waals surface area contributed by atoms with Crippen molar-refractivity contribution in [2.75, 3.05) is 10.0 Å². The van der Waals surface area contributed by atoms with Crippen LogP contribution in [0, 0.1) is 0 Å². The molecule has 0 amide bonds. The number of nitrogens with zero attached hydrogens (tertiary/aromatic N) is 1. The summed E-state index contributed by atoms with van der Waals surface area (Å²) in [6.45, 7) is 0.444. The van der Waals surface area contributed by atoms with E-state index in [0.29, 0.717) is 17.9 Å². The number of nitrogens with two attached hydrogens (primary N) is 1. The molecule has 0 bridgehead atoms. The van der Waals surface area contributed by atoms with Crippen LogP contribution in [0.1, 0.15) is 5.69 Å². The topological polar surface area (TPSA) is 117 Å². The Bertz CT molecular complexity index is 686. The van der Waals surface area contributed by atoms with Gasteiger partial charge in [0.05, 0.1) is 24.1 Å². The Kier molecular flexibility index (Phi) is 4.06. The van der Waals surface area contributed by atoms with Crippen LogP contribution < -0.4 is 15.2 Å². The van der Waals surface area contributed by atoms with Gasteiger partial charge in [0.1, 0.15) is 5.75 Å². The quantitative estimate of drug-likeness (QED) is 0.656. The fourth-order valence-electron chi connectivity index (χ4n) is 1.57. The molecule has 1 heterocycles. The lowest BCUT2D eigenvalue weighted by atomic mass is 10.2. The zero-order valence-corrected chi connectivity index (χ0v) is 11.3. The second-order valence-corrected chi connectivity index (χ2v) is 5.38. The van der Waals surface area contributed by atoms with E-state index in [-0.39, 0.29) is 5.75 Å². The molecule has 0 fully saturated rings. The molecule has 5 N–H and O–H groups in total. The molecule has 8 heteroatoms. The predicted octanol–water partition coefficient (Wildman–Crippen LogP) is 1.01. The molecular formula is C12H14N4O3S. The van der Waals surface area contributed by atoms with E-state index in [9.17, 15) is 8.42 Å². The number of nitrogens with one attached hydrogen (secondary N) is 2. The van der Waals surface area contributed by atoms with Gasteiger partial charge in [-0.2, -0.15) is 8.42 Å². The summed E-state index contributed by atoms with van der Waals surface area (Å²) in [4.78, 5) is 4.03. The van der Waals surface area contributed by atoms with Crippen molar-refractivity contribution in [2.45, 2.75) is 6.54 Å². The number of benzene rings is 1. The van der Waals surface area contributed by atoms with E-state index in [1.165, 1.54) is 6.20 Å². The summed E-state index contributed by atoms with van der Waals surface area (Å²) in [5, 5.41) is 17.1. The van der Waals surface area contributed by atoms with E-state index in [0.717, 1.165) is 5.69 Å². The summed E-state index contributed by atoms with van der Waals surface area (Å²) in [7, 11) is -3.78. The Labute approximate surface area is 116 Å². The smallest absolute Gasteiger partial charge is 0.296 e. The minimum Gasteiger partial charge on any atom is -0.506 e. The van der Waals surface area contributed by atoms with Crippen molar-refractivity contribution >= 4 is 21.6 Å². The van der Waals surface area contributed by atoms with Gasteiger partial charge >= 0.3 is 0 Å². The van der Waals surface area contributed by atoms with E-state index in [4.69, 9.17) is 10.2 Å². The summed E-state index contributed by atoms with van der Waals surface area (Å²) in [5.41, 5.74) is 1.83. The van der Waals surface area contributed by atoms with Crippen molar-refractivity contribution < 1.29 is 13.5 Å². The molecule has 0 saturated carbocycles. The van der Waals surface area contributed by atoms with Crippen LogP contribution in [-0.4, -0.2) is 18.5 Å². The first kappa shape index (κ1) is 14.1. The second kappa shape index (κ2) is 5.76. The Hall–Kier alpha value is -2.32. The summed E-state index contributed by atoms with van der Waals surface area (Å²) in [6.07, 6.45) is 1.36. The minimum absolute atomic E-state index is 0.105. The maximum absolute atomic E-state index is 10.9. The van der Waals surface area contributed by atoms with Crippen molar-refractivity contribution in [3.05, 3.63) is 48.3 Å². The molecule has 0 spiro atoms. The van der Waals surface area contributed by atoms with E-state index in [1.807, 2.05) is 0 Å². The molecule has 0 aliphatic heterocycles. The molecule has 1 aromatic heterocycles. The van der Waals surface area contributed by atoms with Crippen LogP contribution in [0.15, 0.2) is 42.6 Å². The van der Waals surface area contributed by atoms with E-state index < -0.39 is 10.2 Å². The van der Waals surface area contributed by atoms with Crippen molar-refractivity contribution in [1.82, 2.24) is 4.98 Å². The first-order chi connectivity index (χ1) is 9.42. The Balaban J connectivity index is 2.03. The van der Waals surface area contributed by atoms with Gasteiger partial charge in [-0.25, -0.2) is 5.14 Å². The van der Waals surface area contributed by atoms with Gasteiger partial charge < -0.3 is 10.4 Å². The summed E-state index contributed by atoms with van der Waals surface area (Å²) < 4.78 is 24.1. The number of hydrogen-bond acceptors (Lipinski definition) is 5. The molecule has 2 aromatic rings. The van der Waals surface area contributed by atoms with Crippen LogP contribution >= 0.6 is 0 Å². The van der Waals surface area contributed by atoms with Crippen molar-refractivity contribution in [1.29, 1.82) is 0 Å². The summed E-state index contributed by atoms with van der Waals surface area (Å²) in [6, 6.07) is 9.92. The zero-order valence-electron chi connectivity index (χ0n) is 10.4. The second-order valence-electron chi connectivity index (χ2n) is 4.09. The Morgan fingerprint density at radius 3 is 2.60 bits per heavy atom. The van der Waals surface area contributed by atoms with Crippen LogP contribution in [0.3, 0.4) is 0 Å². The van der Waals surface area contributed by atoms with Gasteiger partial charge in [0, 0.05) is 5.69 Å². The van der Waals surface area contributed by atoms with Crippen molar-refractivity contribution in [3.8, 4) is 5.75 Å².